The summed E-state index contributed by atoms with van der Waals surface area (Å²) in [4.78, 5) is 7.13. The molecule has 0 aliphatic heterocycles. The number of hydrogen-bond acceptors (Lipinski definition) is 2. The molecule has 2 aromatic carbocycles. The first-order valence-electron chi connectivity index (χ1n) is 6.88. The van der Waals surface area contributed by atoms with E-state index in [0.29, 0.717) is 29.1 Å². The lowest BCUT2D eigenvalue weighted by atomic mass is 10.1. The molecular weight excluding hydrogens is 303 g/mol. The third-order valence-electron chi connectivity index (χ3n) is 3.47. The highest BCUT2D eigenvalue weighted by atomic mass is 35.5. The Labute approximate surface area is 132 Å². The van der Waals surface area contributed by atoms with Crippen molar-refractivity contribution in [2.24, 2.45) is 4.99 Å². The maximum absolute atomic E-state index is 13.5. The minimum absolute atomic E-state index is 0.0481. The van der Waals surface area contributed by atoms with E-state index in [0.717, 1.165) is 10.9 Å². The number of aliphatic imine (C=N–C) groups is 1. The number of rotatable bonds is 4. The van der Waals surface area contributed by atoms with Crippen molar-refractivity contribution in [3.63, 3.8) is 0 Å². The first-order valence-corrected chi connectivity index (χ1v) is 7.26. The number of aromatic amines is 1. The number of fused-ring (bicyclic) bond motifs is 1. The van der Waals surface area contributed by atoms with Gasteiger partial charge in [-0.15, -0.1) is 0 Å². The predicted octanol–water partition coefficient (Wildman–Crippen LogP) is 4.33. The molecule has 1 aromatic heterocycles. The summed E-state index contributed by atoms with van der Waals surface area (Å²) in [6, 6.07) is 12.0. The molecule has 0 atom stereocenters. The average molecular weight is 317 g/mol. The van der Waals surface area contributed by atoms with Gasteiger partial charge in [-0.25, -0.2) is 4.39 Å². The second-order valence-corrected chi connectivity index (χ2v) is 5.39. The van der Waals surface area contributed by atoms with Crippen molar-refractivity contribution in [3.8, 4) is 5.88 Å². The fraction of sp³-hybridized carbons (Fsp3) is 0.118. The van der Waals surface area contributed by atoms with Gasteiger partial charge >= 0.3 is 0 Å². The van der Waals surface area contributed by atoms with Crippen LogP contribution in [0.25, 0.3) is 10.9 Å². The number of benzene rings is 2. The largest absolute Gasteiger partial charge is 0.494 e. The van der Waals surface area contributed by atoms with Gasteiger partial charge in [0.15, 0.2) is 5.88 Å². The fourth-order valence-electron chi connectivity index (χ4n) is 2.35. The molecule has 2 N–H and O–H groups in total. The van der Waals surface area contributed by atoms with E-state index in [2.05, 4.69) is 9.98 Å². The molecule has 3 rings (SSSR count). The van der Waals surface area contributed by atoms with Gasteiger partial charge in [0.05, 0.1) is 11.1 Å². The smallest absolute Gasteiger partial charge is 0.198 e. The van der Waals surface area contributed by atoms with Crippen LogP contribution in [0.1, 0.15) is 11.1 Å². The van der Waals surface area contributed by atoms with Gasteiger partial charge in [0, 0.05) is 23.2 Å². The maximum atomic E-state index is 13.5. The van der Waals surface area contributed by atoms with E-state index < -0.39 is 0 Å². The molecule has 3 nitrogen and oxygen atoms in total. The van der Waals surface area contributed by atoms with Crippen LogP contribution in [0.15, 0.2) is 47.5 Å². The van der Waals surface area contributed by atoms with Gasteiger partial charge in [0.2, 0.25) is 0 Å². The molecule has 22 heavy (non-hydrogen) atoms. The number of hydrogen-bond donors (Lipinski definition) is 2. The van der Waals surface area contributed by atoms with E-state index >= 15 is 0 Å². The van der Waals surface area contributed by atoms with E-state index in [1.165, 1.54) is 6.07 Å². The van der Waals surface area contributed by atoms with Crippen LogP contribution in [-0.2, 0) is 6.42 Å². The molecule has 3 aromatic rings. The summed E-state index contributed by atoms with van der Waals surface area (Å²) in [6.45, 7) is 0.445. The highest BCUT2D eigenvalue weighted by Crippen LogP contribution is 2.27. The van der Waals surface area contributed by atoms with Gasteiger partial charge in [-0.2, -0.15) is 0 Å². The van der Waals surface area contributed by atoms with Crippen LogP contribution in [0.5, 0.6) is 5.88 Å². The zero-order valence-corrected chi connectivity index (χ0v) is 12.4. The average Bonchev–Trinajstić information content (AvgIpc) is 2.80. The van der Waals surface area contributed by atoms with E-state index in [4.69, 9.17) is 11.6 Å². The van der Waals surface area contributed by atoms with Crippen LogP contribution in [0.4, 0.5) is 4.39 Å². The van der Waals surface area contributed by atoms with Gasteiger partial charge in [-0.1, -0.05) is 35.9 Å². The number of nitrogens with one attached hydrogen (secondary N) is 1. The molecule has 0 unspecified atom stereocenters. The second-order valence-electron chi connectivity index (χ2n) is 4.95. The zero-order valence-electron chi connectivity index (χ0n) is 11.7. The minimum Gasteiger partial charge on any atom is -0.494 e. The van der Waals surface area contributed by atoms with Crippen molar-refractivity contribution in [1.82, 2.24) is 4.98 Å². The molecule has 0 aliphatic carbocycles. The van der Waals surface area contributed by atoms with Crippen molar-refractivity contribution in [2.75, 3.05) is 6.54 Å². The minimum atomic E-state index is -0.220. The standard InChI is InChI=1S/C17H14ClFN2O/c18-12-5-6-13-14(17(22)21-16(13)9-12)10-20-8-7-11-3-1-2-4-15(11)19/h1-6,9-10,21-22H,7-8H2. The first-order chi connectivity index (χ1) is 10.6. The molecule has 0 aliphatic rings. The van der Waals surface area contributed by atoms with E-state index in [-0.39, 0.29) is 11.7 Å². The van der Waals surface area contributed by atoms with Crippen molar-refractivity contribution in [3.05, 3.63) is 64.4 Å². The van der Waals surface area contributed by atoms with Crippen LogP contribution in [-0.4, -0.2) is 22.8 Å². The van der Waals surface area contributed by atoms with E-state index in [1.807, 2.05) is 6.07 Å². The molecule has 0 bridgehead atoms. The molecule has 0 saturated carbocycles. The topological polar surface area (TPSA) is 48.4 Å². The van der Waals surface area contributed by atoms with Gasteiger partial charge in [0.1, 0.15) is 5.82 Å². The third-order valence-corrected chi connectivity index (χ3v) is 3.70. The second kappa shape index (κ2) is 6.20. The Hall–Kier alpha value is -2.33. The maximum Gasteiger partial charge on any atom is 0.198 e. The summed E-state index contributed by atoms with van der Waals surface area (Å²) in [6.07, 6.45) is 2.11. The van der Waals surface area contributed by atoms with Crippen LogP contribution in [0, 0.1) is 5.82 Å². The van der Waals surface area contributed by atoms with Gasteiger partial charge in [0.25, 0.3) is 0 Å². The summed E-state index contributed by atoms with van der Waals surface area (Å²) < 4.78 is 13.5. The molecule has 0 fully saturated rings. The van der Waals surface area contributed by atoms with Gasteiger partial charge in [-0.3, -0.25) is 4.99 Å². The molecule has 5 heteroatoms. The van der Waals surface area contributed by atoms with Crippen molar-refractivity contribution >= 4 is 28.7 Å². The molecule has 0 radical (unpaired) electrons. The number of halogens is 2. The predicted molar refractivity (Wildman–Crippen MR) is 87.5 cm³/mol. The normalized spacial score (nSPS) is 11.5. The zero-order chi connectivity index (χ0) is 15.5. The molecular formula is C17H14ClFN2O. The van der Waals surface area contributed by atoms with E-state index in [1.54, 1.807) is 36.5 Å². The highest BCUT2D eigenvalue weighted by Gasteiger charge is 2.08. The monoisotopic (exact) mass is 316 g/mol. The van der Waals surface area contributed by atoms with E-state index in [9.17, 15) is 9.50 Å². The molecule has 0 saturated heterocycles. The summed E-state index contributed by atoms with van der Waals surface area (Å²) in [5, 5.41) is 11.4. The fourth-order valence-corrected chi connectivity index (χ4v) is 2.52. The number of H-pyrrole nitrogens is 1. The summed E-state index contributed by atoms with van der Waals surface area (Å²) >= 11 is 5.92. The Balaban J connectivity index is 1.76. The van der Waals surface area contributed by atoms with Crippen molar-refractivity contribution in [1.29, 1.82) is 0 Å². The Morgan fingerprint density at radius 3 is 2.86 bits per heavy atom. The lowest BCUT2D eigenvalue weighted by Gasteiger charge is -1.99. The highest BCUT2D eigenvalue weighted by molar-refractivity contribution is 6.31. The van der Waals surface area contributed by atoms with Crippen LogP contribution < -0.4 is 0 Å². The number of nitrogens with zero attached hydrogens (tertiary/aromatic N) is 1. The number of aromatic hydroxyl groups is 1. The van der Waals surface area contributed by atoms with Crippen molar-refractivity contribution < 1.29 is 9.50 Å². The lowest BCUT2D eigenvalue weighted by Crippen LogP contribution is -1.94. The van der Waals surface area contributed by atoms with Gasteiger partial charge in [-0.05, 0) is 30.2 Å². The Morgan fingerprint density at radius 1 is 1.23 bits per heavy atom. The molecule has 0 amide bonds. The van der Waals surface area contributed by atoms with Crippen LogP contribution in [0.3, 0.4) is 0 Å². The summed E-state index contributed by atoms with van der Waals surface area (Å²) in [5.74, 6) is -0.172. The Kier molecular flexibility index (Phi) is 4.11. The Bertz CT molecular complexity index is 842. The molecule has 1 heterocycles. The summed E-state index contributed by atoms with van der Waals surface area (Å²) in [5.41, 5.74) is 2.00. The Morgan fingerprint density at radius 2 is 2.05 bits per heavy atom. The lowest BCUT2D eigenvalue weighted by molar-refractivity contribution is 0.457. The first kappa shape index (κ1) is 14.6. The number of aromatic nitrogens is 1. The molecule has 112 valence electrons. The van der Waals surface area contributed by atoms with Crippen LogP contribution in [0.2, 0.25) is 5.02 Å². The SMILES string of the molecule is Oc1[nH]c2cc(Cl)ccc2c1C=NCCc1ccccc1F. The van der Waals surface area contributed by atoms with Crippen LogP contribution >= 0.6 is 11.6 Å². The van der Waals surface area contributed by atoms with Gasteiger partial charge < -0.3 is 10.1 Å². The van der Waals surface area contributed by atoms with Crippen molar-refractivity contribution in [2.45, 2.75) is 6.42 Å². The third kappa shape index (κ3) is 2.97. The molecule has 0 spiro atoms. The summed E-state index contributed by atoms with van der Waals surface area (Å²) in [7, 11) is 0. The quantitative estimate of drug-likeness (QED) is 0.692.